The third-order valence-electron chi connectivity index (χ3n) is 6.14. The van der Waals surface area contributed by atoms with Gasteiger partial charge in [0.25, 0.3) is 0 Å². The number of hydrogen-bond donors (Lipinski definition) is 3. The molecule has 9 heteroatoms. The molecule has 2 aromatic carbocycles. The average molecular weight is 437 g/mol. The zero-order chi connectivity index (χ0) is 21.8. The minimum Gasteiger partial charge on any atom is -0.480 e. The number of thioether (sulfide) groups is 1. The Balaban J connectivity index is 1.70. The Morgan fingerprint density at radius 2 is 1.43 bits per heavy atom. The van der Waals surface area contributed by atoms with Gasteiger partial charge < -0.3 is 15.9 Å². The number of nitrogens with two attached hydrogens (primary N) is 1. The van der Waals surface area contributed by atoms with E-state index < -0.39 is 57.1 Å². The fourth-order valence-corrected chi connectivity index (χ4v) is 6.31. The second-order valence-corrected chi connectivity index (χ2v) is 9.05. The van der Waals surface area contributed by atoms with Crippen molar-refractivity contribution in [3.63, 3.8) is 0 Å². The number of fused-ring (bicyclic) bond motifs is 1. The molecule has 0 radical (unpaired) electrons. The third kappa shape index (κ3) is 2.99. The van der Waals surface area contributed by atoms with Crippen molar-refractivity contribution in [2.45, 2.75) is 28.1 Å². The first kappa shape index (κ1) is 20.7. The van der Waals surface area contributed by atoms with Crippen molar-refractivity contribution >= 4 is 23.7 Å². The number of aliphatic carboxylic acids is 2. The lowest BCUT2D eigenvalue weighted by atomic mass is 9.90. The molecule has 2 saturated carbocycles. The van der Waals surface area contributed by atoms with Crippen molar-refractivity contribution in [3.8, 4) is 0 Å². The lowest BCUT2D eigenvalue weighted by Crippen LogP contribution is -2.58. The minimum absolute atomic E-state index is 0.0280. The van der Waals surface area contributed by atoms with Crippen molar-refractivity contribution in [2.24, 2.45) is 17.6 Å². The van der Waals surface area contributed by atoms with Crippen LogP contribution in [0.2, 0.25) is 0 Å². The molecule has 0 heterocycles. The number of hydrogen-bond acceptors (Lipinski definition) is 4. The summed E-state index contributed by atoms with van der Waals surface area (Å²) < 4.78 is 41.6. The molecule has 0 bridgehead atoms. The molecular formula is C21H18F3NO4S. The molecule has 2 aliphatic rings. The zero-order valence-corrected chi connectivity index (χ0v) is 16.3. The third-order valence-corrected chi connectivity index (χ3v) is 7.87. The summed E-state index contributed by atoms with van der Waals surface area (Å²) in [7, 11) is 0. The van der Waals surface area contributed by atoms with Gasteiger partial charge in [-0.3, -0.25) is 4.79 Å². The molecule has 4 N–H and O–H groups in total. The summed E-state index contributed by atoms with van der Waals surface area (Å²) in [5, 5.41) is 17.7. The average Bonchev–Trinajstić information content (AvgIpc) is 3.18. The second kappa shape index (κ2) is 7.02. The maximum Gasteiger partial charge on any atom is 0.342 e. The first-order valence-corrected chi connectivity index (χ1v) is 10.1. The van der Waals surface area contributed by atoms with Gasteiger partial charge in [0.05, 0.1) is 5.25 Å². The first-order chi connectivity index (χ1) is 14.1. The van der Waals surface area contributed by atoms with Crippen LogP contribution in [0.25, 0.3) is 0 Å². The molecular weight excluding hydrogens is 419 g/mol. The lowest BCUT2D eigenvalue weighted by Gasteiger charge is -2.34. The molecule has 5 nitrogen and oxygen atoms in total. The van der Waals surface area contributed by atoms with Gasteiger partial charge in [0.1, 0.15) is 17.2 Å². The van der Waals surface area contributed by atoms with Gasteiger partial charge in [0.15, 0.2) is 0 Å². The normalized spacial score (nSPS) is 32.1. The highest BCUT2D eigenvalue weighted by Gasteiger charge is 2.84. The molecule has 0 aromatic heterocycles. The van der Waals surface area contributed by atoms with Gasteiger partial charge in [-0.25, -0.2) is 18.0 Å². The van der Waals surface area contributed by atoms with Crippen molar-refractivity contribution < 1.29 is 33.0 Å². The molecule has 0 unspecified atom stereocenters. The van der Waals surface area contributed by atoms with E-state index in [9.17, 15) is 33.0 Å². The van der Waals surface area contributed by atoms with Crippen LogP contribution in [0.15, 0.2) is 48.5 Å². The summed E-state index contributed by atoms with van der Waals surface area (Å²) in [5.74, 6) is -6.40. The number of benzene rings is 2. The Bertz CT molecular complexity index is 957. The summed E-state index contributed by atoms with van der Waals surface area (Å²) in [5.41, 5.74) is 2.68. The van der Waals surface area contributed by atoms with Gasteiger partial charge in [-0.05, 0) is 41.8 Å². The Labute approximate surface area is 174 Å². The van der Waals surface area contributed by atoms with Crippen LogP contribution in [0, 0.1) is 23.5 Å². The Morgan fingerprint density at radius 1 is 0.967 bits per heavy atom. The molecule has 5 atom stereocenters. The summed E-state index contributed by atoms with van der Waals surface area (Å²) in [6.45, 7) is 0. The van der Waals surface area contributed by atoms with Gasteiger partial charge in [0, 0.05) is 17.1 Å². The maximum atomic E-state index is 14.8. The van der Waals surface area contributed by atoms with Crippen LogP contribution >= 0.6 is 11.8 Å². The van der Waals surface area contributed by atoms with Crippen molar-refractivity contribution in [1.82, 2.24) is 0 Å². The van der Waals surface area contributed by atoms with Gasteiger partial charge >= 0.3 is 11.9 Å². The number of alkyl halides is 1. The summed E-state index contributed by atoms with van der Waals surface area (Å²) >= 11 is 1.14. The number of carbonyl (C=O) groups is 2. The largest absolute Gasteiger partial charge is 0.480 e. The molecule has 4 rings (SSSR count). The Kier molecular flexibility index (Phi) is 4.85. The quantitative estimate of drug-likeness (QED) is 0.641. The first-order valence-electron chi connectivity index (χ1n) is 9.21. The highest BCUT2D eigenvalue weighted by molar-refractivity contribution is 8.00. The standard InChI is InChI=1S/C21H18F3NO4S/c22-12-5-1-10(2-6-12)16(11-3-7-13(23)8-4-11)30-15-9-14-17(20(14,24)18(26)27)21(15,25)19(28)29/h1-8,14-17H,9,25H2,(H,26,27)(H,28,29)/t14-,15-,17+,20-,21+/m1/s1. The van der Waals surface area contributed by atoms with Crippen LogP contribution < -0.4 is 5.73 Å². The van der Waals surface area contributed by atoms with Gasteiger partial charge in [-0.15, -0.1) is 11.8 Å². The lowest BCUT2D eigenvalue weighted by molar-refractivity contribution is -0.149. The topological polar surface area (TPSA) is 101 Å². The highest BCUT2D eigenvalue weighted by atomic mass is 32.2. The van der Waals surface area contributed by atoms with E-state index in [0.717, 1.165) is 11.8 Å². The Morgan fingerprint density at radius 3 is 1.83 bits per heavy atom. The molecule has 0 saturated heterocycles. The molecule has 2 aliphatic carbocycles. The van der Waals surface area contributed by atoms with Crippen molar-refractivity contribution in [2.75, 3.05) is 0 Å². The predicted octanol–water partition coefficient (Wildman–Crippen LogP) is 3.38. The van der Waals surface area contributed by atoms with Crippen LogP contribution in [0.3, 0.4) is 0 Å². The van der Waals surface area contributed by atoms with Gasteiger partial charge in [-0.2, -0.15) is 0 Å². The molecule has 0 aliphatic heterocycles. The predicted molar refractivity (Wildman–Crippen MR) is 104 cm³/mol. The second-order valence-electron chi connectivity index (χ2n) is 7.74. The van der Waals surface area contributed by atoms with Crippen LogP contribution in [0.5, 0.6) is 0 Å². The number of halogens is 3. The van der Waals surface area contributed by atoms with Crippen LogP contribution in [-0.4, -0.2) is 38.6 Å². The monoisotopic (exact) mass is 437 g/mol. The van der Waals surface area contributed by atoms with Crippen LogP contribution in [0.4, 0.5) is 13.2 Å². The fraction of sp³-hybridized carbons (Fsp3) is 0.333. The van der Waals surface area contributed by atoms with Crippen LogP contribution in [-0.2, 0) is 9.59 Å². The molecule has 30 heavy (non-hydrogen) atoms. The van der Waals surface area contributed by atoms with E-state index in [0.29, 0.717) is 11.1 Å². The van der Waals surface area contributed by atoms with E-state index in [1.807, 2.05) is 0 Å². The van der Waals surface area contributed by atoms with Crippen molar-refractivity contribution in [1.29, 1.82) is 0 Å². The van der Waals surface area contributed by atoms with E-state index in [1.54, 1.807) is 0 Å². The maximum absolute atomic E-state index is 14.8. The summed E-state index contributed by atoms with van der Waals surface area (Å²) in [4.78, 5) is 23.4. The zero-order valence-electron chi connectivity index (χ0n) is 15.5. The van der Waals surface area contributed by atoms with E-state index in [1.165, 1.54) is 48.5 Å². The van der Waals surface area contributed by atoms with E-state index in [2.05, 4.69) is 0 Å². The van der Waals surface area contributed by atoms with E-state index >= 15 is 0 Å². The van der Waals surface area contributed by atoms with E-state index in [-0.39, 0.29) is 6.42 Å². The van der Waals surface area contributed by atoms with Gasteiger partial charge in [-0.1, -0.05) is 24.3 Å². The molecule has 158 valence electrons. The number of carboxylic acids is 2. The SMILES string of the molecule is N[C@]1(C(=O)O)[C@H]2[C@@H](C[C@H]1SC(c1ccc(F)cc1)c1ccc(F)cc1)[C@]2(F)C(=O)O. The fourth-order valence-electron chi connectivity index (χ4n) is 4.56. The minimum atomic E-state index is -2.65. The molecule has 0 amide bonds. The molecule has 2 aromatic rings. The van der Waals surface area contributed by atoms with E-state index in [4.69, 9.17) is 5.73 Å². The Hall–Kier alpha value is -2.52. The molecule has 0 spiro atoms. The smallest absolute Gasteiger partial charge is 0.342 e. The molecule has 2 fully saturated rings. The van der Waals surface area contributed by atoms with Crippen molar-refractivity contribution in [3.05, 3.63) is 71.3 Å². The highest BCUT2D eigenvalue weighted by Crippen LogP contribution is 2.69. The number of rotatable bonds is 6. The summed E-state index contributed by atoms with van der Waals surface area (Å²) in [6.07, 6.45) is -0.0280. The number of carboxylic acid groups (broad SMARTS) is 2. The summed E-state index contributed by atoms with van der Waals surface area (Å²) in [6, 6.07) is 11.1. The van der Waals surface area contributed by atoms with Crippen LogP contribution in [0.1, 0.15) is 22.8 Å². The van der Waals surface area contributed by atoms with Gasteiger partial charge in [0.2, 0.25) is 5.67 Å².